The summed E-state index contributed by atoms with van der Waals surface area (Å²) in [5, 5.41) is 0. The van der Waals surface area contributed by atoms with Gasteiger partial charge in [0.25, 0.3) is 5.56 Å². The first kappa shape index (κ1) is 46.1. The summed E-state index contributed by atoms with van der Waals surface area (Å²) in [6.07, 6.45) is 21.0. The molecule has 4 N–H and O–H groups in total. The highest BCUT2D eigenvalue weighted by molar-refractivity contribution is 7.66. The van der Waals surface area contributed by atoms with E-state index in [0.717, 1.165) is 23.8 Å². The summed E-state index contributed by atoms with van der Waals surface area (Å²) in [6, 6.07) is 6.06. The summed E-state index contributed by atoms with van der Waals surface area (Å²) in [5.41, 5.74) is -0.307. The number of Topliss-reactive ketones (excluding diaryl/α,β-unsaturated/α-hetero) is 1. The van der Waals surface area contributed by atoms with Crippen LogP contribution in [0.1, 0.15) is 137 Å². The highest BCUT2D eigenvalue weighted by atomic mass is 31.3. The summed E-state index contributed by atoms with van der Waals surface area (Å²) in [5.74, 6) is -0.0305. The number of unbranched alkanes of at least 4 members (excludes halogenated alkanes) is 14. The van der Waals surface area contributed by atoms with E-state index >= 15 is 0 Å². The van der Waals surface area contributed by atoms with Gasteiger partial charge in [-0.25, -0.2) is 18.5 Å². The highest BCUT2D eigenvalue weighted by Crippen LogP contribution is 2.67. The number of aromatic nitrogens is 2. The van der Waals surface area contributed by atoms with E-state index in [1.54, 1.807) is 12.1 Å². The van der Waals surface area contributed by atoms with Crippen molar-refractivity contribution >= 4 is 29.3 Å². The molecule has 1 aromatic carbocycles. The normalized spacial score (nSPS) is 19.0. The molecule has 0 amide bonds. The molecule has 0 spiro atoms. The van der Waals surface area contributed by atoms with Gasteiger partial charge in [-0.1, -0.05) is 127 Å². The fraction of sp³-hybridized carbons (Fsp3) is 0.629. The van der Waals surface area contributed by atoms with Crippen molar-refractivity contribution in [2.24, 2.45) is 0 Å². The second-order valence-corrected chi connectivity index (χ2v) is 18.0. The molecule has 3 rings (SSSR count). The van der Waals surface area contributed by atoms with Gasteiger partial charge in [-0.2, -0.15) is 8.62 Å². The third kappa shape index (κ3) is 17.6. The molecule has 0 radical (unpaired) electrons. The first-order valence-corrected chi connectivity index (χ1v) is 23.1. The zero-order chi connectivity index (χ0) is 39.6. The standard InChI is InChI=1S/C35H55N2O14P3/c1-3-4-5-6-7-8-9-10-11-12-13-14-15-16-17-18-32(38)30-21-19-29(20-22-30)26-47-52(41,42)50-54(45,46)51-53(43,44)48-27-31-23-24-33(49-31)37-25-28(2)34(39)36-35(37)40/h19-25,31,33H,3-18,26-27H2,1-2H3,(H,41,42)(H,43,44)(H,45,46)(H,36,39,40)/t31-,33+/m0/s1. The summed E-state index contributed by atoms with van der Waals surface area (Å²) < 4.78 is 61.2. The maximum Gasteiger partial charge on any atom is 0.490 e. The number of carbonyl (C=O) groups excluding carboxylic acids is 1. The molecule has 0 aliphatic carbocycles. The van der Waals surface area contributed by atoms with Crippen LogP contribution in [0, 0.1) is 6.92 Å². The van der Waals surface area contributed by atoms with Crippen LogP contribution in [0.4, 0.5) is 0 Å². The van der Waals surface area contributed by atoms with Gasteiger partial charge in [0.1, 0.15) is 6.10 Å². The van der Waals surface area contributed by atoms with Gasteiger partial charge in [-0.3, -0.25) is 28.2 Å². The van der Waals surface area contributed by atoms with Gasteiger partial charge >= 0.3 is 29.2 Å². The topological polar surface area (TPSA) is 230 Å². The Morgan fingerprint density at radius 1 is 0.759 bits per heavy atom. The Morgan fingerprint density at radius 3 is 1.83 bits per heavy atom. The number of nitrogens with zero attached hydrogens (tertiary/aromatic N) is 1. The predicted octanol–water partition coefficient (Wildman–Crippen LogP) is 8.31. The second kappa shape index (κ2) is 23.0. The molecule has 0 saturated carbocycles. The molecule has 1 aliphatic heterocycles. The molecule has 0 saturated heterocycles. The molecule has 304 valence electrons. The summed E-state index contributed by atoms with van der Waals surface area (Å²) in [6.45, 7) is 2.44. The number of aromatic amines is 1. The lowest BCUT2D eigenvalue weighted by Gasteiger charge is -2.20. The van der Waals surface area contributed by atoms with Gasteiger partial charge in [0.05, 0.1) is 13.2 Å². The Bertz CT molecular complexity index is 1760. The molecule has 19 heteroatoms. The Labute approximate surface area is 316 Å². The minimum absolute atomic E-state index is 0.0305. The lowest BCUT2D eigenvalue weighted by atomic mass is 10.0. The molecule has 5 atom stereocenters. The number of nitrogens with one attached hydrogen (secondary N) is 1. The molecule has 2 aromatic rings. The van der Waals surface area contributed by atoms with Crippen LogP contribution < -0.4 is 11.2 Å². The van der Waals surface area contributed by atoms with Crippen LogP contribution in [0.15, 0.2) is 52.2 Å². The highest BCUT2D eigenvalue weighted by Gasteiger charge is 2.42. The number of rotatable bonds is 28. The Kier molecular flexibility index (Phi) is 19.7. The number of ether oxygens (including phenoxy) is 1. The van der Waals surface area contributed by atoms with Crippen molar-refractivity contribution in [3.63, 3.8) is 0 Å². The van der Waals surface area contributed by atoms with Crippen molar-refractivity contribution in [3.8, 4) is 0 Å². The van der Waals surface area contributed by atoms with Gasteiger partial charge in [0.15, 0.2) is 12.0 Å². The first-order chi connectivity index (χ1) is 25.6. The van der Waals surface area contributed by atoms with Crippen molar-refractivity contribution in [3.05, 3.63) is 80.1 Å². The summed E-state index contributed by atoms with van der Waals surface area (Å²) >= 11 is 0. The van der Waals surface area contributed by atoms with Crippen LogP contribution in [0.3, 0.4) is 0 Å². The number of aryl methyl sites for hydroxylation is 1. The van der Waals surface area contributed by atoms with E-state index in [-0.39, 0.29) is 11.3 Å². The van der Waals surface area contributed by atoms with E-state index in [4.69, 9.17) is 9.26 Å². The SMILES string of the molecule is CCCCCCCCCCCCCCCCCC(=O)c1ccc(COP(=O)(O)OP(=O)(O)OP(=O)(O)OC[C@@H]2C=C[C@H](n3cc(C)c(=O)[nH]c3=O)O2)cc1. The van der Waals surface area contributed by atoms with Gasteiger partial charge in [-0.05, 0) is 25.0 Å². The van der Waals surface area contributed by atoms with Gasteiger partial charge in [0, 0.05) is 23.7 Å². The van der Waals surface area contributed by atoms with Crippen LogP contribution in [-0.2, 0) is 42.7 Å². The first-order valence-electron chi connectivity index (χ1n) is 18.6. The van der Waals surface area contributed by atoms with Gasteiger partial charge < -0.3 is 19.4 Å². The zero-order valence-corrected chi connectivity index (χ0v) is 33.7. The van der Waals surface area contributed by atoms with Crippen molar-refractivity contribution in [1.82, 2.24) is 9.55 Å². The number of phosphoric ester groups is 2. The van der Waals surface area contributed by atoms with Gasteiger partial charge in [0.2, 0.25) is 0 Å². The maximum atomic E-state index is 12.6. The van der Waals surface area contributed by atoms with E-state index < -0.39 is 60.3 Å². The van der Waals surface area contributed by atoms with Gasteiger partial charge in [-0.15, -0.1) is 0 Å². The predicted molar refractivity (Wildman–Crippen MR) is 202 cm³/mol. The number of carbonyl (C=O) groups is 1. The van der Waals surface area contributed by atoms with Crippen molar-refractivity contribution in [2.45, 2.75) is 136 Å². The van der Waals surface area contributed by atoms with Crippen LogP contribution in [0.25, 0.3) is 0 Å². The zero-order valence-electron chi connectivity index (χ0n) is 31.0. The molecule has 54 heavy (non-hydrogen) atoms. The van der Waals surface area contributed by atoms with E-state index in [1.165, 1.54) is 114 Å². The molecular formula is C35H55N2O14P3. The summed E-state index contributed by atoms with van der Waals surface area (Å²) in [7, 11) is -16.4. The average molecular weight is 821 g/mol. The minimum Gasteiger partial charge on any atom is -0.344 e. The quantitative estimate of drug-likeness (QED) is 0.0274. The average Bonchev–Trinajstić information content (AvgIpc) is 3.58. The lowest BCUT2D eigenvalue weighted by Crippen LogP contribution is -2.33. The summed E-state index contributed by atoms with van der Waals surface area (Å²) in [4.78, 5) is 68.2. The molecule has 16 nitrogen and oxygen atoms in total. The van der Waals surface area contributed by atoms with E-state index in [1.807, 2.05) is 0 Å². The molecule has 1 aromatic heterocycles. The fourth-order valence-corrected chi connectivity index (χ4v) is 9.25. The van der Waals surface area contributed by atoms with Crippen LogP contribution in [0.2, 0.25) is 0 Å². The molecule has 2 heterocycles. The van der Waals surface area contributed by atoms with Crippen molar-refractivity contribution < 1.29 is 55.6 Å². The van der Waals surface area contributed by atoms with Crippen LogP contribution in [0.5, 0.6) is 0 Å². The Morgan fingerprint density at radius 2 is 1.28 bits per heavy atom. The smallest absolute Gasteiger partial charge is 0.344 e. The monoisotopic (exact) mass is 820 g/mol. The number of phosphoric acid groups is 3. The van der Waals surface area contributed by atoms with Crippen molar-refractivity contribution in [1.29, 1.82) is 0 Å². The Hall–Kier alpha value is -2.32. The van der Waals surface area contributed by atoms with Crippen LogP contribution in [-0.4, -0.2) is 42.7 Å². The van der Waals surface area contributed by atoms with Crippen LogP contribution >= 0.6 is 23.5 Å². The number of H-pyrrole nitrogens is 1. The number of hydrogen-bond donors (Lipinski definition) is 4. The minimum atomic E-state index is -5.71. The van der Waals surface area contributed by atoms with E-state index in [2.05, 4.69) is 25.1 Å². The third-order valence-corrected chi connectivity index (χ3v) is 12.9. The second-order valence-electron chi connectivity index (χ2n) is 13.4. The Balaban J connectivity index is 1.29. The largest absolute Gasteiger partial charge is 0.490 e. The number of ketones is 1. The van der Waals surface area contributed by atoms with E-state index in [0.29, 0.717) is 17.5 Å². The molecule has 0 bridgehead atoms. The third-order valence-electron chi connectivity index (χ3n) is 8.72. The number of hydrogen-bond acceptors (Lipinski definition) is 11. The fourth-order valence-electron chi connectivity index (χ4n) is 5.75. The lowest BCUT2D eigenvalue weighted by molar-refractivity contribution is -0.0105. The molecule has 0 fully saturated rings. The van der Waals surface area contributed by atoms with Crippen molar-refractivity contribution in [2.75, 3.05) is 6.61 Å². The molecule has 3 unspecified atom stereocenters. The molecule has 1 aliphatic rings. The molecular weight excluding hydrogens is 765 g/mol. The van der Waals surface area contributed by atoms with E-state index in [9.17, 15) is 42.8 Å². The number of benzene rings is 1. The maximum absolute atomic E-state index is 12.6.